The van der Waals surface area contributed by atoms with Gasteiger partial charge in [0.1, 0.15) is 11.9 Å². The predicted octanol–water partition coefficient (Wildman–Crippen LogP) is 4.38. The maximum absolute atomic E-state index is 13.6. The van der Waals surface area contributed by atoms with Crippen LogP contribution >= 0.6 is 0 Å². The van der Waals surface area contributed by atoms with Gasteiger partial charge in [0.15, 0.2) is 11.9 Å². The lowest BCUT2D eigenvalue weighted by Crippen LogP contribution is -2.70. The number of esters is 1. The molecule has 4 aliphatic heterocycles. The third-order valence-corrected chi connectivity index (χ3v) is 8.96. The van der Waals surface area contributed by atoms with Crippen molar-refractivity contribution in [3.05, 3.63) is 35.6 Å². The van der Waals surface area contributed by atoms with E-state index in [1.54, 1.807) is 6.07 Å². The van der Waals surface area contributed by atoms with E-state index in [0.29, 0.717) is 17.9 Å². The first-order valence-corrected chi connectivity index (χ1v) is 13.4. The molecule has 1 aromatic rings. The number of benzene rings is 1. The number of nitrogens with zero attached hydrogens (tertiary/aromatic N) is 2. The van der Waals surface area contributed by atoms with Gasteiger partial charge >= 0.3 is 5.97 Å². The molecule has 5 aliphatic rings. The average molecular weight is 531 g/mol. The zero-order valence-corrected chi connectivity index (χ0v) is 22.2. The van der Waals surface area contributed by atoms with Crippen molar-refractivity contribution in [1.82, 2.24) is 4.90 Å². The summed E-state index contributed by atoms with van der Waals surface area (Å²) in [5, 5.41) is 9.57. The average Bonchev–Trinajstić information content (AvgIpc) is 3.12. The molecule has 10 heteroatoms. The van der Waals surface area contributed by atoms with Gasteiger partial charge in [0.25, 0.3) is 0 Å². The Labute approximate surface area is 222 Å². The molecule has 4 heterocycles. The van der Waals surface area contributed by atoms with Crippen LogP contribution in [0.3, 0.4) is 0 Å². The molecule has 1 spiro atoms. The second-order valence-corrected chi connectivity index (χ2v) is 11.4. The number of amides is 1. The minimum Gasteiger partial charge on any atom is -0.435 e. The van der Waals surface area contributed by atoms with E-state index in [1.807, 2.05) is 19.9 Å². The highest BCUT2D eigenvalue weighted by Crippen LogP contribution is 2.60. The molecule has 4 saturated heterocycles. The van der Waals surface area contributed by atoms with Crippen LogP contribution in [0.4, 0.5) is 4.39 Å². The van der Waals surface area contributed by atoms with E-state index in [-0.39, 0.29) is 30.6 Å². The molecule has 38 heavy (non-hydrogen) atoms. The predicted molar refractivity (Wildman–Crippen MR) is 130 cm³/mol. The number of fused-ring (bicyclic) bond motifs is 2. The molecule has 1 aromatic carbocycles. The normalized spacial score (nSPS) is 38.3. The number of ether oxygens (including phenoxy) is 3. The van der Waals surface area contributed by atoms with Gasteiger partial charge in [-0.2, -0.15) is 5.26 Å². The summed E-state index contributed by atoms with van der Waals surface area (Å²) in [5.41, 5.74) is -0.389. The number of carbonyl (C=O) groups is 2. The van der Waals surface area contributed by atoms with E-state index in [9.17, 15) is 19.2 Å². The first-order chi connectivity index (χ1) is 18.1. The van der Waals surface area contributed by atoms with Crippen molar-refractivity contribution >= 4 is 11.9 Å². The molecule has 1 saturated carbocycles. The summed E-state index contributed by atoms with van der Waals surface area (Å²) >= 11 is 0. The highest BCUT2D eigenvalue weighted by Gasteiger charge is 2.69. The smallest absolute Gasteiger partial charge is 0.308 e. The molecule has 9 atom stereocenters. The molecule has 0 aromatic heterocycles. The standard InChI is InChI=1S/C28H35FN2O7/c1-16-8-9-21-17(2)25(35-26-28(21)20(16)12-13-27(3,36-26)37-38-28)34-24(33)11-10-23(32)31(4)22(15-30)18-6-5-7-19(29)14-18/h5-7,14,16-17,20-22,25-26H,8-13H2,1-4H3/t16-,17-,20?,21?,22?,25-,26-,27+,28-/m1/s1. The van der Waals surface area contributed by atoms with Gasteiger partial charge in [-0.1, -0.05) is 26.0 Å². The van der Waals surface area contributed by atoms with Crippen LogP contribution in [0.1, 0.15) is 70.9 Å². The Bertz CT molecular complexity index is 1130. The Morgan fingerprint density at radius 1 is 1.21 bits per heavy atom. The third kappa shape index (κ3) is 4.60. The van der Waals surface area contributed by atoms with Crippen molar-refractivity contribution in [3.8, 4) is 6.07 Å². The van der Waals surface area contributed by atoms with Gasteiger partial charge in [0, 0.05) is 31.7 Å². The molecule has 6 rings (SSSR count). The number of rotatable bonds is 6. The highest BCUT2D eigenvalue weighted by atomic mass is 19.1. The van der Waals surface area contributed by atoms with Crippen LogP contribution in [0.15, 0.2) is 24.3 Å². The van der Waals surface area contributed by atoms with E-state index in [4.69, 9.17) is 24.0 Å². The Morgan fingerprint density at radius 2 is 2.00 bits per heavy atom. The van der Waals surface area contributed by atoms with Gasteiger partial charge in [-0.15, -0.1) is 0 Å². The molecule has 1 aliphatic carbocycles. The quantitative estimate of drug-likeness (QED) is 0.394. The van der Waals surface area contributed by atoms with Crippen LogP contribution in [0.25, 0.3) is 0 Å². The first-order valence-electron chi connectivity index (χ1n) is 13.4. The molecule has 9 nitrogen and oxygen atoms in total. The lowest BCUT2D eigenvalue weighted by Gasteiger charge is -2.59. The molecular weight excluding hydrogens is 495 g/mol. The fourth-order valence-electron chi connectivity index (χ4n) is 6.79. The molecule has 0 N–H and O–H groups in total. The van der Waals surface area contributed by atoms with Crippen molar-refractivity contribution in [2.24, 2.45) is 23.7 Å². The van der Waals surface area contributed by atoms with Gasteiger partial charge in [-0.25, -0.2) is 14.2 Å². The number of halogens is 1. The molecule has 206 valence electrons. The van der Waals surface area contributed by atoms with Crippen molar-refractivity contribution in [2.45, 2.75) is 89.3 Å². The van der Waals surface area contributed by atoms with E-state index in [0.717, 1.165) is 19.3 Å². The zero-order chi connectivity index (χ0) is 27.2. The number of nitriles is 1. The minimum atomic E-state index is -0.972. The van der Waals surface area contributed by atoms with Crippen LogP contribution in [-0.2, 0) is 33.6 Å². The second kappa shape index (κ2) is 10.2. The summed E-state index contributed by atoms with van der Waals surface area (Å²) in [7, 11) is 1.46. The monoisotopic (exact) mass is 530 g/mol. The Balaban J connectivity index is 1.23. The second-order valence-electron chi connectivity index (χ2n) is 11.4. The Hall–Kier alpha value is -2.58. The lowest BCUT2D eigenvalue weighted by molar-refractivity contribution is -0.576. The summed E-state index contributed by atoms with van der Waals surface area (Å²) in [6.45, 7) is 6.05. The number of carbonyl (C=O) groups excluding carboxylic acids is 2. The zero-order valence-electron chi connectivity index (χ0n) is 22.2. The van der Waals surface area contributed by atoms with Crippen molar-refractivity contribution < 1.29 is 38.0 Å². The molecule has 3 unspecified atom stereocenters. The largest absolute Gasteiger partial charge is 0.435 e. The van der Waals surface area contributed by atoms with Gasteiger partial charge in [-0.05, 0) is 55.7 Å². The van der Waals surface area contributed by atoms with E-state index >= 15 is 0 Å². The number of hydrogen-bond acceptors (Lipinski definition) is 8. The maximum Gasteiger partial charge on any atom is 0.308 e. The molecule has 2 bridgehead atoms. The fraction of sp³-hybridized carbons (Fsp3) is 0.679. The van der Waals surface area contributed by atoms with Crippen LogP contribution in [0, 0.1) is 40.8 Å². The van der Waals surface area contributed by atoms with Gasteiger partial charge in [0.05, 0.1) is 12.5 Å². The summed E-state index contributed by atoms with van der Waals surface area (Å²) in [6, 6.07) is 6.60. The van der Waals surface area contributed by atoms with E-state index < -0.39 is 47.7 Å². The summed E-state index contributed by atoms with van der Waals surface area (Å²) in [5.74, 6) is -1.97. The summed E-state index contributed by atoms with van der Waals surface area (Å²) < 4.78 is 31.9. The van der Waals surface area contributed by atoms with Crippen LogP contribution in [0.2, 0.25) is 0 Å². The van der Waals surface area contributed by atoms with Crippen LogP contribution < -0.4 is 0 Å². The van der Waals surface area contributed by atoms with Crippen molar-refractivity contribution in [1.29, 1.82) is 5.26 Å². The van der Waals surface area contributed by atoms with Crippen molar-refractivity contribution in [3.63, 3.8) is 0 Å². The summed E-state index contributed by atoms with van der Waals surface area (Å²) in [4.78, 5) is 38.7. The number of hydrogen-bond donors (Lipinski definition) is 0. The third-order valence-electron chi connectivity index (χ3n) is 8.96. The van der Waals surface area contributed by atoms with E-state index in [2.05, 4.69) is 6.92 Å². The molecule has 5 fully saturated rings. The van der Waals surface area contributed by atoms with Gasteiger partial charge in [-0.3, -0.25) is 9.59 Å². The highest BCUT2D eigenvalue weighted by molar-refractivity contribution is 5.81. The Morgan fingerprint density at radius 3 is 2.74 bits per heavy atom. The van der Waals surface area contributed by atoms with E-state index in [1.165, 1.54) is 30.1 Å². The van der Waals surface area contributed by atoms with Crippen LogP contribution in [-0.4, -0.2) is 47.8 Å². The molecule has 1 amide bonds. The van der Waals surface area contributed by atoms with Crippen LogP contribution in [0.5, 0.6) is 0 Å². The van der Waals surface area contributed by atoms with Gasteiger partial charge in [0.2, 0.25) is 18.0 Å². The minimum absolute atomic E-state index is 0.0123. The lowest BCUT2D eigenvalue weighted by atomic mass is 9.58. The maximum atomic E-state index is 13.6. The first kappa shape index (κ1) is 27.0. The topological polar surface area (TPSA) is 107 Å². The van der Waals surface area contributed by atoms with Crippen molar-refractivity contribution in [2.75, 3.05) is 7.05 Å². The van der Waals surface area contributed by atoms with Gasteiger partial charge < -0.3 is 19.1 Å². The fourth-order valence-corrected chi connectivity index (χ4v) is 6.79. The summed E-state index contributed by atoms with van der Waals surface area (Å²) in [6.07, 6.45) is 1.56. The molecular formula is C28H35FN2O7. The SMILES string of the molecule is C[C@@H]1CCC2[C@@H](C)[C@H](OC(=O)CCC(=O)N(C)C(C#N)c3cccc(F)c3)O[C@@H]3O[C@]4(C)CCC1[C@@]23OO4. The Kier molecular flexibility index (Phi) is 7.24. The molecule has 0 radical (unpaired) electrons.